The molecule has 38 heavy (non-hydrogen) atoms. The summed E-state index contributed by atoms with van der Waals surface area (Å²) in [6.07, 6.45) is 0.552. The maximum Gasteiger partial charge on any atom is 0.322 e. The highest BCUT2D eigenvalue weighted by Crippen LogP contribution is 2.17. The molecular weight excluding hydrogens is 498 g/mol. The van der Waals surface area contributed by atoms with Crippen molar-refractivity contribution in [1.82, 2.24) is 9.62 Å². The summed E-state index contributed by atoms with van der Waals surface area (Å²) in [6, 6.07) is 33.0. The molecule has 7 nitrogen and oxygen atoms in total. The summed E-state index contributed by atoms with van der Waals surface area (Å²) in [5, 5.41) is 2.90. The molecule has 8 heteroatoms. The van der Waals surface area contributed by atoms with E-state index in [4.69, 9.17) is 4.74 Å². The Kier molecular flexibility index (Phi) is 9.13. The van der Waals surface area contributed by atoms with E-state index >= 15 is 0 Å². The molecule has 0 saturated carbocycles. The number of sulfonamides is 1. The minimum absolute atomic E-state index is 0.135. The first-order valence-corrected chi connectivity index (χ1v) is 13.8. The van der Waals surface area contributed by atoms with Gasteiger partial charge < -0.3 is 15.0 Å². The maximum absolute atomic E-state index is 13.2. The molecule has 0 saturated heterocycles. The van der Waals surface area contributed by atoms with E-state index in [-0.39, 0.29) is 17.5 Å². The molecule has 196 valence electrons. The number of benzene rings is 4. The highest BCUT2D eigenvalue weighted by molar-refractivity contribution is 7.89. The Morgan fingerprint density at radius 2 is 1.29 bits per heavy atom. The minimum Gasteiger partial charge on any atom is -0.497 e. The second-order valence-corrected chi connectivity index (χ2v) is 10.5. The van der Waals surface area contributed by atoms with E-state index in [1.807, 2.05) is 84.9 Å². The van der Waals surface area contributed by atoms with E-state index < -0.39 is 10.0 Å². The summed E-state index contributed by atoms with van der Waals surface area (Å²) in [6.45, 7) is 1.14. The van der Waals surface area contributed by atoms with Crippen molar-refractivity contribution >= 4 is 21.7 Å². The summed E-state index contributed by atoms with van der Waals surface area (Å²) in [7, 11) is -2.08. The number of urea groups is 1. The number of hydrogen-bond acceptors (Lipinski definition) is 4. The molecular formula is C30H31N3O4S. The zero-order valence-electron chi connectivity index (χ0n) is 21.2. The SMILES string of the molecule is COc1ccc(CCNS(=O)(=O)c2ccc(NC(=O)N(Cc3ccccc3)Cc3ccccc3)cc2)cc1. The van der Waals surface area contributed by atoms with Crippen molar-refractivity contribution in [3.63, 3.8) is 0 Å². The zero-order chi connectivity index (χ0) is 26.8. The van der Waals surface area contributed by atoms with E-state index in [2.05, 4.69) is 10.0 Å². The highest BCUT2D eigenvalue weighted by atomic mass is 32.2. The fourth-order valence-corrected chi connectivity index (χ4v) is 4.96. The minimum atomic E-state index is -3.68. The summed E-state index contributed by atoms with van der Waals surface area (Å²) in [5.74, 6) is 0.754. The topological polar surface area (TPSA) is 87.7 Å². The highest BCUT2D eigenvalue weighted by Gasteiger charge is 2.17. The number of methoxy groups -OCH3 is 1. The molecule has 0 aliphatic rings. The molecule has 4 aromatic carbocycles. The van der Waals surface area contributed by atoms with Gasteiger partial charge in [0.15, 0.2) is 0 Å². The van der Waals surface area contributed by atoms with Crippen molar-refractivity contribution in [2.75, 3.05) is 19.0 Å². The lowest BCUT2D eigenvalue weighted by atomic mass is 10.1. The molecule has 2 amide bonds. The molecule has 0 fully saturated rings. The van der Waals surface area contributed by atoms with Gasteiger partial charge >= 0.3 is 6.03 Å². The number of anilines is 1. The molecule has 0 heterocycles. The first-order chi connectivity index (χ1) is 18.4. The van der Waals surface area contributed by atoms with Crippen molar-refractivity contribution in [3.8, 4) is 5.75 Å². The van der Waals surface area contributed by atoms with Gasteiger partial charge in [-0.05, 0) is 59.5 Å². The second-order valence-electron chi connectivity index (χ2n) is 8.78. The third kappa shape index (κ3) is 7.68. The Hall–Kier alpha value is -4.14. The third-order valence-corrected chi connectivity index (χ3v) is 7.48. The summed E-state index contributed by atoms with van der Waals surface area (Å²) < 4.78 is 33.3. The quantitative estimate of drug-likeness (QED) is 0.270. The van der Waals surface area contributed by atoms with Crippen LogP contribution in [-0.4, -0.2) is 33.0 Å². The number of hydrogen-bond donors (Lipinski definition) is 2. The monoisotopic (exact) mass is 529 g/mol. The van der Waals surface area contributed by atoms with E-state index in [0.29, 0.717) is 25.2 Å². The second kappa shape index (κ2) is 12.9. The van der Waals surface area contributed by atoms with E-state index in [9.17, 15) is 13.2 Å². The van der Waals surface area contributed by atoms with Gasteiger partial charge in [-0.1, -0.05) is 72.8 Å². The van der Waals surface area contributed by atoms with Crippen LogP contribution in [0.25, 0.3) is 0 Å². The number of ether oxygens (including phenoxy) is 1. The van der Waals surface area contributed by atoms with E-state index in [0.717, 1.165) is 22.4 Å². The number of nitrogens with zero attached hydrogens (tertiary/aromatic N) is 1. The molecule has 0 unspecified atom stereocenters. The largest absolute Gasteiger partial charge is 0.497 e. The fraction of sp³-hybridized carbons (Fsp3) is 0.167. The van der Waals surface area contributed by atoms with E-state index in [1.165, 1.54) is 12.1 Å². The summed E-state index contributed by atoms with van der Waals surface area (Å²) in [5.41, 5.74) is 3.54. The van der Waals surface area contributed by atoms with Gasteiger partial charge in [0.1, 0.15) is 5.75 Å². The standard InChI is InChI=1S/C30H31N3O4S/c1-37-28-16-12-24(13-17-28)20-21-31-38(35,36)29-18-14-27(15-19-29)32-30(34)33(22-25-8-4-2-5-9-25)23-26-10-6-3-7-11-26/h2-19,31H,20-23H2,1H3,(H,32,34). The molecule has 4 rings (SSSR count). The van der Waals surface area contributed by atoms with Gasteiger partial charge in [0.05, 0.1) is 12.0 Å². The van der Waals surface area contributed by atoms with Crippen LogP contribution in [0.5, 0.6) is 5.75 Å². The molecule has 2 N–H and O–H groups in total. The van der Waals surface area contributed by atoms with Gasteiger partial charge in [-0.25, -0.2) is 17.9 Å². The molecule has 0 atom stereocenters. The van der Waals surface area contributed by atoms with Gasteiger partial charge in [-0.15, -0.1) is 0 Å². The number of carbonyl (C=O) groups is 1. The summed E-state index contributed by atoms with van der Waals surface area (Å²) >= 11 is 0. The van der Waals surface area contributed by atoms with Crippen LogP contribution in [0.4, 0.5) is 10.5 Å². The fourth-order valence-electron chi connectivity index (χ4n) is 3.93. The number of rotatable bonds is 11. The van der Waals surface area contributed by atoms with Gasteiger partial charge in [0.25, 0.3) is 0 Å². The van der Waals surface area contributed by atoms with Crippen molar-refractivity contribution in [2.24, 2.45) is 0 Å². The maximum atomic E-state index is 13.2. The normalized spacial score (nSPS) is 11.1. The average molecular weight is 530 g/mol. The van der Waals surface area contributed by atoms with Crippen molar-refractivity contribution in [1.29, 1.82) is 0 Å². The van der Waals surface area contributed by atoms with Gasteiger partial charge in [0.2, 0.25) is 10.0 Å². The van der Waals surface area contributed by atoms with Crippen LogP contribution in [-0.2, 0) is 29.5 Å². The third-order valence-electron chi connectivity index (χ3n) is 6.00. The average Bonchev–Trinajstić information content (AvgIpc) is 2.94. The molecule has 0 aliphatic carbocycles. The van der Waals surface area contributed by atoms with Gasteiger partial charge in [0, 0.05) is 25.3 Å². The van der Waals surface area contributed by atoms with Crippen molar-refractivity contribution in [3.05, 3.63) is 126 Å². The first kappa shape index (κ1) is 26.9. The number of carbonyl (C=O) groups excluding carboxylic acids is 1. The zero-order valence-corrected chi connectivity index (χ0v) is 22.0. The molecule has 0 aromatic heterocycles. The molecule has 0 spiro atoms. The van der Waals surface area contributed by atoms with Crippen molar-refractivity contribution in [2.45, 2.75) is 24.4 Å². The molecule has 4 aromatic rings. The Morgan fingerprint density at radius 3 is 1.82 bits per heavy atom. The summed E-state index contributed by atoms with van der Waals surface area (Å²) in [4.78, 5) is 15.0. The van der Waals surface area contributed by atoms with Crippen LogP contribution in [0.3, 0.4) is 0 Å². The van der Waals surface area contributed by atoms with Crippen LogP contribution in [0.1, 0.15) is 16.7 Å². The lowest BCUT2D eigenvalue weighted by molar-refractivity contribution is 0.206. The van der Waals surface area contributed by atoms with Gasteiger partial charge in [-0.2, -0.15) is 0 Å². The van der Waals surface area contributed by atoms with E-state index in [1.54, 1.807) is 24.1 Å². The van der Waals surface area contributed by atoms with Crippen LogP contribution in [0.2, 0.25) is 0 Å². The number of nitrogens with one attached hydrogen (secondary N) is 2. The first-order valence-electron chi connectivity index (χ1n) is 12.3. The van der Waals surface area contributed by atoms with Crippen LogP contribution in [0, 0.1) is 0 Å². The smallest absolute Gasteiger partial charge is 0.322 e. The lowest BCUT2D eigenvalue weighted by Crippen LogP contribution is -2.34. The Labute approximate surface area is 224 Å². The molecule has 0 radical (unpaired) electrons. The predicted molar refractivity (Wildman–Crippen MR) is 149 cm³/mol. The Morgan fingerprint density at radius 1 is 0.737 bits per heavy atom. The predicted octanol–water partition coefficient (Wildman–Crippen LogP) is 5.45. The number of amides is 2. The van der Waals surface area contributed by atoms with Crippen LogP contribution >= 0.6 is 0 Å². The molecule has 0 aliphatic heterocycles. The van der Waals surface area contributed by atoms with Crippen LogP contribution < -0.4 is 14.8 Å². The molecule has 0 bridgehead atoms. The van der Waals surface area contributed by atoms with Crippen LogP contribution in [0.15, 0.2) is 114 Å². The Balaban J connectivity index is 1.37. The lowest BCUT2D eigenvalue weighted by Gasteiger charge is -2.23. The van der Waals surface area contributed by atoms with Crippen molar-refractivity contribution < 1.29 is 17.9 Å². The van der Waals surface area contributed by atoms with Gasteiger partial charge in [-0.3, -0.25) is 0 Å². The Bertz CT molecular complexity index is 1370.